The summed E-state index contributed by atoms with van der Waals surface area (Å²) in [5.74, 6) is 1.46. The molecule has 1 unspecified atom stereocenters. The summed E-state index contributed by atoms with van der Waals surface area (Å²) in [5, 5.41) is 3.04. The molecular weight excluding hydrogens is 360 g/mol. The quantitative estimate of drug-likeness (QED) is 0.715. The van der Waals surface area contributed by atoms with E-state index in [0.717, 1.165) is 30.1 Å². The highest BCUT2D eigenvalue weighted by Gasteiger charge is 2.49. The van der Waals surface area contributed by atoms with Gasteiger partial charge in [0.05, 0.1) is 19.6 Å². The van der Waals surface area contributed by atoms with Crippen molar-refractivity contribution in [2.75, 3.05) is 31.5 Å². The fourth-order valence-electron chi connectivity index (χ4n) is 5.35. The van der Waals surface area contributed by atoms with E-state index in [1.807, 2.05) is 36.4 Å². The number of carbonyl (C=O) groups is 1. The summed E-state index contributed by atoms with van der Waals surface area (Å²) in [6.45, 7) is 4.87. The van der Waals surface area contributed by atoms with Crippen LogP contribution in [0.1, 0.15) is 36.8 Å². The second-order valence-corrected chi connectivity index (χ2v) is 9.32. The van der Waals surface area contributed by atoms with Crippen molar-refractivity contribution in [3.8, 4) is 0 Å². The molecule has 4 heteroatoms. The maximum atomic E-state index is 12.8. The minimum absolute atomic E-state index is 0.0672. The Kier molecular flexibility index (Phi) is 5.04. The number of benzene rings is 2. The van der Waals surface area contributed by atoms with Crippen molar-refractivity contribution in [3.05, 3.63) is 65.7 Å². The second kappa shape index (κ2) is 7.83. The molecule has 3 aliphatic heterocycles. The highest BCUT2D eigenvalue weighted by atomic mass is 16.6. The first-order valence-corrected chi connectivity index (χ1v) is 11.1. The van der Waals surface area contributed by atoms with Gasteiger partial charge in [0.15, 0.2) is 6.10 Å². The fourth-order valence-corrected chi connectivity index (χ4v) is 5.35. The van der Waals surface area contributed by atoms with Crippen molar-refractivity contribution >= 4 is 11.8 Å². The summed E-state index contributed by atoms with van der Waals surface area (Å²) in [6, 6.07) is 18.4. The van der Waals surface area contributed by atoms with Crippen LogP contribution in [0, 0.1) is 11.8 Å². The van der Waals surface area contributed by atoms with E-state index in [0.29, 0.717) is 5.92 Å². The molecule has 0 spiro atoms. The standard InChI is InChI=1S/C25H30N2O2/c28-25(26-23-9-5-4-8-22(23)16-19-6-2-1-3-7-19)29-24-18-27(17-20-10-11-20)14-12-21(24)13-15-27/h1-9,20-21,24H,10-18H2/p+1. The van der Waals surface area contributed by atoms with Crippen molar-refractivity contribution in [3.63, 3.8) is 0 Å². The third kappa shape index (κ3) is 4.32. The molecule has 29 heavy (non-hydrogen) atoms. The van der Waals surface area contributed by atoms with E-state index < -0.39 is 0 Å². The van der Waals surface area contributed by atoms with E-state index in [1.54, 1.807) is 0 Å². The second-order valence-electron chi connectivity index (χ2n) is 9.32. The van der Waals surface area contributed by atoms with Crippen LogP contribution in [0.15, 0.2) is 54.6 Å². The number of hydrogen-bond donors (Lipinski definition) is 1. The predicted molar refractivity (Wildman–Crippen MR) is 115 cm³/mol. The van der Waals surface area contributed by atoms with Crippen molar-refractivity contribution in [2.24, 2.45) is 11.8 Å². The van der Waals surface area contributed by atoms with E-state index in [1.165, 1.54) is 55.4 Å². The third-order valence-electron chi connectivity index (χ3n) is 7.13. The molecule has 6 rings (SSSR count). The molecule has 1 saturated carbocycles. The number of ether oxygens (including phenoxy) is 1. The van der Waals surface area contributed by atoms with Crippen LogP contribution >= 0.6 is 0 Å². The topological polar surface area (TPSA) is 38.3 Å². The molecule has 0 radical (unpaired) electrons. The lowest BCUT2D eigenvalue weighted by Gasteiger charge is -2.52. The number of hydrogen-bond acceptors (Lipinski definition) is 2. The van der Waals surface area contributed by atoms with E-state index >= 15 is 0 Å². The summed E-state index contributed by atoms with van der Waals surface area (Å²) in [6.07, 6.45) is 5.77. The maximum Gasteiger partial charge on any atom is 0.412 e. The van der Waals surface area contributed by atoms with Gasteiger partial charge in [0.1, 0.15) is 6.54 Å². The number of piperidine rings is 3. The predicted octanol–water partition coefficient (Wildman–Crippen LogP) is 4.84. The molecule has 0 aromatic heterocycles. The Bertz CT molecular complexity index is 854. The zero-order valence-electron chi connectivity index (χ0n) is 17.1. The largest absolute Gasteiger partial charge is 0.440 e. The van der Waals surface area contributed by atoms with Crippen LogP contribution in [-0.4, -0.2) is 42.9 Å². The van der Waals surface area contributed by atoms with Crippen LogP contribution in [0.25, 0.3) is 0 Å². The Morgan fingerprint density at radius 2 is 1.69 bits per heavy atom. The number of fused-ring (bicyclic) bond motifs is 3. The lowest BCUT2D eigenvalue weighted by molar-refractivity contribution is -0.947. The molecule has 1 atom stereocenters. The first-order valence-electron chi connectivity index (χ1n) is 11.1. The van der Waals surface area contributed by atoms with Gasteiger partial charge in [-0.3, -0.25) is 5.32 Å². The molecule has 2 bridgehead atoms. The molecule has 1 N–H and O–H groups in total. The van der Waals surface area contributed by atoms with Crippen LogP contribution in [-0.2, 0) is 11.2 Å². The number of nitrogens with one attached hydrogen (secondary N) is 1. The van der Waals surface area contributed by atoms with Gasteiger partial charge in [-0.25, -0.2) is 4.79 Å². The van der Waals surface area contributed by atoms with Gasteiger partial charge in [0.25, 0.3) is 0 Å². The average molecular weight is 392 g/mol. The fraction of sp³-hybridized carbons (Fsp3) is 0.480. The molecule has 4 aliphatic rings. The summed E-state index contributed by atoms with van der Waals surface area (Å²) >= 11 is 0. The van der Waals surface area contributed by atoms with E-state index in [-0.39, 0.29) is 12.2 Å². The molecule has 4 fully saturated rings. The number of rotatable bonds is 6. The zero-order valence-corrected chi connectivity index (χ0v) is 17.1. The summed E-state index contributed by atoms with van der Waals surface area (Å²) < 4.78 is 7.18. The van der Waals surface area contributed by atoms with Gasteiger partial charge in [-0.05, 0) is 36.5 Å². The van der Waals surface area contributed by atoms with Gasteiger partial charge in [0, 0.05) is 30.4 Å². The Hall–Kier alpha value is -2.33. The van der Waals surface area contributed by atoms with Gasteiger partial charge in [-0.15, -0.1) is 0 Å². The Morgan fingerprint density at radius 1 is 0.966 bits per heavy atom. The lowest BCUT2D eigenvalue weighted by Crippen LogP contribution is -2.65. The lowest BCUT2D eigenvalue weighted by atomic mass is 9.83. The highest BCUT2D eigenvalue weighted by Crippen LogP contribution is 2.40. The Labute approximate surface area is 173 Å². The zero-order chi connectivity index (χ0) is 19.7. The van der Waals surface area contributed by atoms with Crippen molar-refractivity contribution in [1.29, 1.82) is 0 Å². The number of carbonyl (C=O) groups excluding carboxylic acids is 1. The van der Waals surface area contributed by atoms with Gasteiger partial charge in [-0.1, -0.05) is 48.5 Å². The van der Waals surface area contributed by atoms with Crippen LogP contribution in [0.2, 0.25) is 0 Å². The van der Waals surface area contributed by atoms with Gasteiger partial charge in [-0.2, -0.15) is 0 Å². The van der Waals surface area contributed by atoms with E-state index in [4.69, 9.17) is 4.74 Å². The highest BCUT2D eigenvalue weighted by molar-refractivity contribution is 5.85. The minimum Gasteiger partial charge on any atom is -0.440 e. The monoisotopic (exact) mass is 391 g/mol. The number of quaternary nitrogens is 1. The van der Waals surface area contributed by atoms with Crippen LogP contribution < -0.4 is 5.32 Å². The minimum atomic E-state index is -0.297. The number of amides is 1. The summed E-state index contributed by atoms with van der Waals surface area (Å²) in [4.78, 5) is 12.8. The van der Waals surface area contributed by atoms with Crippen molar-refractivity contribution in [1.82, 2.24) is 0 Å². The normalized spacial score (nSPS) is 28.1. The maximum absolute atomic E-state index is 12.8. The Morgan fingerprint density at radius 3 is 2.45 bits per heavy atom. The van der Waals surface area contributed by atoms with Gasteiger partial charge >= 0.3 is 6.09 Å². The number of para-hydroxylation sites is 1. The molecule has 2 aromatic carbocycles. The third-order valence-corrected chi connectivity index (χ3v) is 7.13. The number of nitrogens with zero attached hydrogens (tertiary/aromatic N) is 1. The van der Waals surface area contributed by atoms with Crippen LogP contribution in [0.3, 0.4) is 0 Å². The summed E-state index contributed by atoms with van der Waals surface area (Å²) in [5.41, 5.74) is 3.20. The summed E-state index contributed by atoms with van der Waals surface area (Å²) in [7, 11) is 0. The molecule has 152 valence electrons. The van der Waals surface area contributed by atoms with Crippen molar-refractivity contribution in [2.45, 2.75) is 38.2 Å². The first kappa shape index (κ1) is 18.7. The molecule has 3 heterocycles. The molecule has 3 saturated heterocycles. The molecule has 4 nitrogen and oxygen atoms in total. The first-order chi connectivity index (χ1) is 14.2. The van der Waals surface area contributed by atoms with Crippen LogP contribution in [0.4, 0.5) is 10.5 Å². The molecular formula is C25H31N2O2+. The molecule has 2 aromatic rings. The molecule has 1 amide bonds. The number of anilines is 1. The van der Waals surface area contributed by atoms with Gasteiger partial charge < -0.3 is 9.22 Å². The van der Waals surface area contributed by atoms with Crippen LogP contribution in [0.5, 0.6) is 0 Å². The SMILES string of the molecule is O=C(Nc1ccccc1Cc1ccccc1)OC1C[N+]2(CC3CC3)CCC1CC2. The average Bonchev–Trinajstić information content (AvgIpc) is 3.54. The van der Waals surface area contributed by atoms with Gasteiger partial charge in [0.2, 0.25) is 0 Å². The van der Waals surface area contributed by atoms with Crippen molar-refractivity contribution < 1.29 is 14.0 Å². The Balaban J connectivity index is 1.23. The smallest absolute Gasteiger partial charge is 0.412 e. The van der Waals surface area contributed by atoms with E-state index in [2.05, 4.69) is 23.5 Å². The van der Waals surface area contributed by atoms with E-state index in [9.17, 15) is 4.79 Å². The molecule has 1 aliphatic carbocycles.